The molecule has 0 aliphatic carbocycles. The van der Waals surface area contributed by atoms with Crippen molar-refractivity contribution in [3.05, 3.63) is 59.3 Å². The van der Waals surface area contributed by atoms with Crippen molar-refractivity contribution < 1.29 is 19.0 Å². The maximum Gasteiger partial charge on any atom is 0.363 e. The molecule has 0 atom stereocenters. The van der Waals surface area contributed by atoms with E-state index in [4.69, 9.17) is 19.9 Å². The van der Waals surface area contributed by atoms with Gasteiger partial charge < -0.3 is 19.9 Å². The van der Waals surface area contributed by atoms with Crippen LogP contribution in [-0.2, 0) is 9.53 Å². The van der Waals surface area contributed by atoms with Gasteiger partial charge in [-0.2, -0.15) is 0 Å². The number of cyclic esters (lactones) is 1. The second kappa shape index (κ2) is 6.45. The van der Waals surface area contributed by atoms with Gasteiger partial charge in [0.25, 0.3) is 0 Å². The number of nitrogen functional groups attached to an aromatic ring is 1. The number of nitrogens with two attached hydrogens (primary N) is 1. The van der Waals surface area contributed by atoms with Crippen molar-refractivity contribution >= 4 is 23.6 Å². The molecule has 0 amide bonds. The second-order valence-corrected chi connectivity index (χ2v) is 5.07. The molecule has 0 saturated heterocycles. The third kappa shape index (κ3) is 3.08. The molecule has 0 spiro atoms. The number of nitrogens with zero attached hydrogens (tertiary/aromatic N) is 1. The highest BCUT2D eigenvalue weighted by atomic mass is 16.6. The summed E-state index contributed by atoms with van der Waals surface area (Å²) in [6.45, 7) is 0. The number of carbonyl (C=O) groups is 1. The van der Waals surface area contributed by atoms with Gasteiger partial charge in [0, 0.05) is 11.3 Å². The number of rotatable bonds is 4. The van der Waals surface area contributed by atoms with E-state index in [1.54, 1.807) is 62.8 Å². The lowest BCUT2D eigenvalue weighted by molar-refractivity contribution is -0.129. The summed E-state index contributed by atoms with van der Waals surface area (Å²) in [6, 6.07) is 12.3. The normalized spacial score (nSPS) is 15.2. The zero-order chi connectivity index (χ0) is 17.1. The zero-order valence-electron chi connectivity index (χ0n) is 13.3. The molecule has 3 rings (SSSR count). The SMILES string of the molecule is COc1ccc(/C=C2/N=C(c3ccc(N)cc3)OC2=O)cc1OC. The predicted molar refractivity (Wildman–Crippen MR) is 91.0 cm³/mol. The lowest BCUT2D eigenvalue weighted by Crippen LogP contribution is -2.05. The van der Waals surface area contributed by atoms with Gasteiger partial charge in [-0.25, -0.2) is 9.79 Å². The van der Waals surface area contributed by atoms with Crippen LogP contribution in [0.4, 0.5) is 5.69 Å². The number of benzene rings is 2. The Kier molecular flexibility index (Phi) is 4.20. The highest BCUT2D eigenvalue weighted by molar-refractivity contribution is 6.12. The summed E-state index contributed by atoms with van der Waals surface area (Å²) in [4.78, 5) is 16.3. The fraction of sp³-hybridized carbons (Fsp3) is 0.111. The first-order valence-corrected chi connectivity index (χ1v) is 7.21. The smallest absolute Gasteiger partial charge is 0.363 e. The second-order valence-electron chi connectivity index (χ2n) is 5.07. The van der Waals surface area contributed by atoms with Crippen LogP contribution in [0.15, 0.2) is 53.2 Å². The molecule has 0 aromatic heterocycles. The van der Waals surface area contributed by atoms with E-state index in [2.05, 4.69) is 4.99 Å². The Balaban J connectivity index is 1.92. The molecule has 0 unspecified atom stereocenters. The first kappa shape index (κ1) is 15.6. The summed E-state index contributed by atoms with van der Waals surface area (Å²) in [5.41, 5.74) is 7.94. The maximum atomic E-state index is 12.0. The molecule has 6 nitrogen and oxygen atoms in total. The van der Waals surface area contributed by atoms with Gasteiger partial charge in [-0.1, -0.05) is 6.07 Å². The van der Waals surface area contributed by atoms with Crippen LogP contribution in [0.25, 0.3) is 6.08 Å². The molecule has 2 aromatic rings. The van der Waals surface area contributed by atoms with E-state index < -0.39 is 5.97 Å². The largest absolute Gasteiger partial charge is 0.493 e. The molecule has 1 aliphatic rings. The van der Waals surface area contributed by atoms with Crippen LogP contribution < -0.4 is 15.2 Å². The number of anilines is 1. The monoisotopic (exact) mass is 324 g/mol. The van der Waals surface area contributed by atoms with Crippen molar-refractivity contribution in [1.29, 1.82) is 0 Å². The predicted octanol–water partition coefficient (Wildman–Crippen LogP) is 2.63. The van der Waals surface area contributed by atoms with Crippen molar-refractivity contribution in [3.8, 4) is 11.5 Å². The molecule has 2 aromatic carbocycles. The summed E-state index contributed by atoms with van der Waals surface area (Å²) >= 11 is 0. The summed E-state index contributed by atoms with van der Waals surface area (Å²) in [5, 5.41) is 0. The Hall–Kier alpha value is -3.28. The molecule has 6 heteroatoms. The summed E-state index contributed by atoms with van der Waals surface area (Å²) in [7, 11) is 3.11. The number of hydrogen-bond acceptors (Lipinski definition) is 6. The van der Waals surface area contributed by atoms with Crippen molar-refractivity contribution in [2.24, 2.45) is 4.99 Å². The average Bonchev–Trinajstić information content (AvgIpc) is 2.96. The third-order valence-electron chi connectivity index (χ3n) is 3.49. The van der Waals surface area contributed by atoms with Crippen LogP contribution in [0.1, 0.15) is 11.1 Å². The van der Waals surface area contributed by atoms with Gasteiger partial charge in [0.05, 0.1) is 14.2 Å². The van der Waals surface area contributed by atoms with E-state index in [1.165, 1.54) is 0 Å². The summed E-state index contributed by atoms with van der Waals surface area (Å²) in [6.07, 6.45) is 1.63. The third-order valence-corrected chi connectivity index (χ3v) is 3.49. The van der Waals surface area contributed by atoms with Gasteiger partial charge in [-0.15, -0.1) is 0 Å². The van der Waals surface area contributed by atoms with E-state index in [0.29, 0.717) is 22.7 Å². The molecule has 122 valence electrons. The first-order valence-electron chi connectivity index (χ1n) is 7.21. The molecule has 0 bridgehead atoms. The molecule has 0 radical (unpaired) electrons. The van der Waals surface area contributed by atoms with Crippen molar-refractivity contribution in [2.75, 3.05) is 20.0 Å². The highest BCUT2D eigenvalue weighted by Crippen LogP contribution is 2.29. The Morgan fingerprint density at radius 3 is 2.42 bits per heavy atom. The minimum Gasteiger partial charge on any atom is -0.493 e. The van der Waals surface area contributed by atoms with Gasteiger partial charge in [0.2, 0.25) is 5.90 Å². The standard InChI is InChI=1S/C18H16N2O4/c1-22-15-8-3-11(10-16(15)23-2)9-14-18(21)24-17(20-14)12-4-6-13(19)7-5-12/h3-10H,19H2,1-2H3/b14-9+. The van der Waals surface area contributed by atoms with Gasteiger partial charge >= 0.3 is 5.97 Å². The first-order chi connectivity index (χ1) is 11.6. The van der Waals surface area contributed by atoms with Gasteiger partial charge in [-0.3, -0.25) is 0 Å². The average molecular weight is 324 g/mol. The number of esters is 1. The summed E-state index contributed by atoms with van der Waals surface area (Å²) in [5.74, 6) is 0.934. The van der Waals surface area contributed by atoms with Crippen LogP contribution in [0.3, 0.4) is 0 Å². The van der Waals surface area contributed by atoms with Gasteiger partial charge in [-0.05, 0) is 48.0 Å². The van der Waals surface area contributed by atoms with E-state index >= 15 is 0 Å². The maximum absolute atomic E-state index is 12.0. The topological polar surface area (TPSA) is 83.1 Å². The van der Waals surface area contributed by atoms with Crippen LogP contribution in [0, 0.1) is 0 Å². The molecule has 24 heavy (non-hydrogen) atoms. The van der Waals surface area contributed by atoms with Crippen LogP contribution >= 0.6 is 0 Å². The van der Waals surface area contributed by atoms with Crippen LogP contribution in [0.2, 0.25) is 0 Å². The lowest BCUT2D eigenvalue weighted by atomic mass is 10.1. The molecular formula is C18H16N2O4. The fourth-order valence-electron chi connectivity index (χ4n) is 2.26. The molecule has 0 saturated carbocycles. The highest BCUT2D eigenvalue weighted by Gasteiger charge is 2.24. The molecule has 0 fully saturated rings. The molecule has 1 heterocycles. The van der Waals surface area contributed by atoms with Crippen molar-refractivity contribution in [2.45, 2.75) is 0 Å². The minimum absolute atomic E-state index is 0.217. The number of aliphatic imine (C=N–C) groups is 1. The lowest BCUT2D eigenvalue weighted by Gasteiger charge is -2.07. The number of ether oxygens (including phenoxy) is 3. The molecule has 2 N–H and O–H groups in total. The Bertz CT molecular complexity index is 839. The quantitative estimate of drug-likeness (QED) is 0.531. The van der Waals surface area contributed by atoms with Crippen LogP contribution in [-0.4, -0.2) is 26.1 Å². The minimum atomic E-state index is -0.503. The zero-order valence-corrected chi connectivity index (χ0v) is 13.3. The summed E-state index contributed by atoms with van der Waals surface area (Å²) < 4.78 is 15.7. The van der Waals surface area contributed by atoms with Gasteiger partial charge in [0.15, 0.2) is 17.2 Å². The number of hydrogen-bond donors (Lipinski definition) is 1. The van der Waals surface area contributed by atoms with Gasteiger partial charge in [0.1, 0.15) is 0 Å². The van der Waals surface area contributed by atoms with E-state index in [9.17, 15) is 4.79 Å². The molecule has 1 aliphatic heterocycles. The number of methoxy groups -OCH3 is 2. The van der Waals surface area contributed by atoms with Crippen molar-refractivity contribution in [1.82, 2.24) is 0 Å². The van der Waals surface area contributed by atoms with E-state index in [0.717, 1.165) is 5.56 Å². The Labute approximate surface area is 139 Å². The fourth-order valence-corrected chi connectivity index (χ4v) is 2.26. The van der Waals surface area contributed by atoms with Crippen molar-refractivity contribution in [3.63, 3.8) is 0 Å². The Morgan fingerprint density at radius 2 is 1.75 bits per heavy atom. The van der Waals surface area contributed by atoms with E-state index in [-0.39, 0.29) is 11.6 Å². The van der Waals surface area contributed by atoms with Crippen LogP contribution in [0.5, 0.6) is 11.5 Å². The van der Waals surface area contributed by atoms with E-state index in [1.807, 2.05) is 0 Å². The molecular weight excluding hydrogens is 308 g/mol. The number of carbonyl (C=O) groups excluding carboxylic acids is 1. The Morgan fingerprint density at radius 1 is 1.04 bits per heavy atom.